The first-order chi connectivity index (χ1) is 21.9. The van der Waals surface area contributed by atoms with E-state index in [-0.39, 0.29) is 5.04 Å². The van der Waals surface area contributed by atoms with Gasteiger partial charge in [-0.25, -0.2) is 14.8 Å². The Bertz CT molecular complexity index is 1660. The molecule has 1 aliphatic heterocycles. The lowest BCUT2D eigenvalue weighted by Gasteiger charge is -2.39. The van der Waals surface area contributed by atoms with Crippen molar-refractivity contribution in [2.24, 2.45) is 0 Å². The molecule has 0 saturated heterocycles. The van der Waals surface area contributed by atoms with Crippen LogP contribution >= 0.6 is 11.6 Å². The van der Waals surface area contributed by atoms with Gasteiger partial charge in [0.1, 0.15) is 24.0 Å². The summed E-state index contributed by atoms with van der Waals surface area (Å²) < 4.78 is 23.5. The van der Waals surface area contributed by atoms with Crippen LogP contribution in [-0.2, 0) is 19.3 Å². The standard InChI is InChI=1S/C35H46ClN5O5Si/c1-33(2,3)46-32(42)41-21-35(7,22-45-47(9,10)34(4,5)6)26-18-23(17-24(20-37)30(26)41)27-13-14-38-31(39-27)40-28-19-25(36)11-12-29(28)44-16-15-43-8/h11-14,17-19H,15-16,21-22H2,1-10H3,(H,38,39,40)/t35-/m1/s1. The second-order valence-corrected chi connectivity index (χ2v) is 19.8. The summed E-state index contributed by atoms with van der Waals surface area (Å²) in [7, 11) is -0.536. The molecular weight excluding hydrogens is 634 g/mol. The Morgan fingerprint density at radius 2 is 1.85 bits per heavy atom. The largest absolute Gasteiger partial charge is 0.489 e. The average Bonchev–Trinajstić information content (AvgIpc) is 3.28. The van der Waals surface area contributed by atoms with E-state index < -0.39 is 25.4 Å². The van der Waals surface area contributed by atoms with Crippen molar-refractivity contribution in [3.63, 3.8) is 0 Å². The van der Waals surface area contributed by atoms with E-state index in [4.69, 9.17) is 35.2 Å². The van der Waals surface area contributed by atoms with Gasteiger partial charge in [0.25, 0.3) is 0 Å². The van der Waals surface area contributed by atoms with Gasteiger partial charge in [-0.05, 0) is 80.9 Å². The van der Waals surface area contributed by atoms with Crippen LogP contribution in [0, 0.1) is 11.3 Å². The summed E-state index contributed by atoms with van der Waals surface area (Å²) in [6.45, 7) is 20.0. The maximum atomic E-state index is 13.6. The summed E-state index contributed by atoms with van der Waals surface area (Å²) >= 11 is 6.30. The van der Waals surface area contributed by atoms with Crippen molar-refractivity contribution >= 4 is 43.3 Å². The van der Waals surface area contributed by atoms with E-state index in [0.29, 0.717) is 71.3 Å². The third-order valence-electron chi connectivity index (χ3n) is 8.51. The van der Waals surface area contributed by atoms with Gasteiger partial charge in [0.2, 0.25) is 5.95 Å². The molecule has 0 saturated carbocycles. The number of nitrogens with zero attached hydrogens (tertiary/aromatic N) is 4. The zero-order valence-electron chi connectivity index (χ0n) is 29.1. The number of carbonyl (C=O) groups is 1. The first-order valence-corrected chi connectivity index (χ1v) is 18.9. The van der Waals surface area contributed by atoms with Crippen LogP contribution in [0.1, 0.15) is 59.6 Å². The minimum absolute atomic E-state index is 0.00265. The number of methoxy groups -OCH3 is 1. The van der Waals surface area contributed by atoms with E-state index in [9.17, 15) is 10.1 Å². The van der Waals surface area contributed by atoms with E-state index in [0.717, 1.165) is 5.56 Å². The highest BCUT2D eigenvalue weighted by Crippen LogP contribution is 2.47. The highest BCUT2D eigenvalue weighted by molar-refractivity contribution is 6.74. The van der Waals surface area contributed by atoms with E-state index in [2.05, 4.69) is 57.2 Å². The predicted octanol–water partition coefficient (Wildman–Crippen LogP) is 8.47. The number of hydrogen-bond acceptors (Lipinski definition) is 9. The number of benzene rings is 2. The number of rotatable bonds is 10. The molecule has 1 N–H and O–H groups in total. The summed E-state index contributed by atoms with van der Waals surface area (Å²) in [4.78, 5) is 24.3. The molecule has 0 fully saturated rings. The van der Waals surface area contributed by atoms with Gasteiger partial charge in [0.05, 0.1) is 29.2 Å². The molecule has 4 rings (SSSR count). The molecule has 12 heteroatoms. The predicted molar refractivity (Wildman–Crippen MR) is 188 cm³/mol. The quantitative estimate of drug-likeness (QED) is 0.166. The molecular formula is C35H46ClN5O5Si. The Balaban J connectivity index is 1.77. The molecule has 1 atom stereocenters. The number of aromatic nitrogens is 2. The Morgan fingerprint density at radius 3 is 2.49 bits per heavy atom. The molecule has 0 aliphatic carbocycles. The number of nitrogens with one attached hydrogen (secondary N) is 1. The fourth-order valence-corrected chi connectivity index (χ4v) is 6.23. The van der Waals surface area contributed by atoms with Crippen LogP contribution in [0.2, 0.25) is 23.2 Å². The maximum Gasteiger partial charge on any atom is 0.414 e. The molecule has 0 bridgehead atoms. The van der Waals surface area contributed by atoms with Gasteiger partial charge in [-0.2, -0.15) is 5.26 Å². The summed E-state index contributed by atoms with van der Waals surface area (Å²) in [6.07, 6.45) is 1.14. The van der Waals surface area contributed by atoms with Crippen LogP contribution in [0.3, 0.4) is 0 Å². The van der Waals surface area contributed by atoms with Gasteiger partial charge in [0, 0.05) is 42.5 Å². The van der Waals surface area contributed by atoms with E-state index in [1.807, 2.05) is 26.8 Å². The molecule has 0 spiro atoms. The molecule has 10 nitrogen and oxygen atoms in total. The summed E-state index contributed by atoms with van der Waals surface area (Å²) in [5.74, 6) is 0.893. The number of ether oxygens (including phenoxy) is 3. The van der Waals surface area contributed by atoms with Gasteiger partial charge in [-0.3, -0.25) is 4.90 Å². The maximum absolute atomic E-state index is 13.6. The van der Waals surface area contributed by atoms with Crippen LogP contribution in [-0.4, -0.2) is 63.5 Å². The number of fused-ring (bicyclic) bond motifs is 1. The fourth-order valence-electron chi connectivity index (χ4n) is 4.94. The SMILES string of the molecule is COCCOc1ccc(Cl)cc1Nc1nccc(-c2cc(C#N)c3c(c2)[C@@](C)(CO[Si](C)(C)C(C)(C)C)CN3C(=O)OC(C)(C)C)n1. The van der Waals surface area contributed by atoms with Gasteiger partial charge in [-0.1, -0.05) is 39.3 Å². The van der Waals surface area contributed by atoms with E-state index in [1.165, 1.54) is 0 Å². The lowest BCUT2D eigenvalue weighted by molar-refractivity contribution is 0.0575. The zero-order valence-corrected chi connectivity index (χ0v) is 30.8. The molecule has 252 valence electrons. The normalized spacial score (nSPS) is 16.4. The zero-order chi connectivity index (χ0) is 34.8. The highest BCUT2D eigenvalue weighted by atomic mass is 35.5. The van der Waals surface area contributed by atoms with Crippen molar-refractivity contribution in [2.45, 2.75) is 77.6 Å². The van der Waals surface area contributed by atoms with Crippen LogP contribution in [0.5, 0.6) is 5.75 Å². The first kappa shape index (κ1) is 36.1. The molecule has 2 heterocycles. The lowest BCUT2D eigenvalue weighted by Crippen LogP contribution is -2.46. The molecule has 1 aliphatic rings. The number of hydrogen-bond donors (Lipinski definition) is 1. The van der Waals surface area contributed by atoms with Crippen molar-refractivity contribution in [3.8, 4) is 23.1 Å². The Labute approximate surface area is 284 Å². The van der Waals surface area contributed by atoms with E-state index >= 15 is 0 Å². The van der Waals surface area contributed by atoms with Crippen LogP contribution in [0.4, 0.5) is 22.1 Å². The molecule has 3 aromatic rings. The number of amides is 1. The molecule has 47 heavy (non-hydrogen) atoms. The van der Waals surface area contributed by atoms with Gasteiger partial charge < -0.3 is 24.0 Å². The highest BCUT2D eigenvalue weighted by Gasteiger charge is 2.47. The van der Waals surface area contributed by atoms with E-state index in [1.54, 1.807) is 48.5 Å². The minimum atomic E-state index is -2.15. The Morgan fingerprint density at radius 1 is 1.13 bits per heavy atom. The summed E-state index contributed by atoms with van der Waals surface area (Å²) in [5.41, 5.74) is 2.28. The third kappa shape index (κ3) is 8.43. The minimum Gasteiger partial charge on any atom is -0.489 e. The lowest BCUT2D eigenvalue weighted by atomic mass is 9.83. The molecule has 0 radical (unpaired) electrons. The van der Waals surface area contributed by atoms with Gasteiger partial charge in [0.15, 0.2) is 8.32 Å². The number of anilines is 3. The van der Waals surface area contributed by atoms with Gasteiger partial charge >= 0.3 is 6.09 Å². The monoisotopic (exact) mass is 679 g/mol. The van der Waals surface area contributed by atoms with Crippen molar-refractivity contribution in [1.82, 2.24) is 9.97 Å². The number of carbonyl (C=O) groups excluding carboxylic acids is 1. The molecule has 1 aromatic heterocycles. The molecule has 2 aromatic carbocycles. The molecule has 0 unspecified atom stereocenters. The van der Waals surface area contributed by atoms with Crippen molar-refractivity contribution in [3.05, 3.63) is 58.7 Å². The first-order valence-electron chi connectivity index (χ1n) is 15.6. The van der Waals surface area contributed by atoms with Crippen molar-refractivity contribution < 1.29 is 23.4 Å². The van der Waals surface area contributed by atoms with Crippen LogP contribution < -0.4 is 15.0 Å². The Hall–Kier alpha value is -3.69. The van der Waals surface area contributed by atoms with Gasteiger partial charge in [-0.15, -0.1) is 0 Å². The average molecular weight is 680 g/mol. The van der Waals surface area contributed by atoms with Crippen molar-refractivity contribution in [1.29, 1.82) is 5.26 Å². The Kier molecular flexibility index (Phi) is 10.6. The summed E-state index contributed by atoms with van der Waals surface area (Å²) in [6, 6.07) is 13.1. The smallest absolute Gasteiger partial charge is 0.414 e. The van der Waals surface area contributed by atoms with Crippen LogP contribution in [0.25, 0.3) is 11.3 Å². The van der Waals surface area contributed by atoms with Crippen LogP contribution in [0.15, 0.2) is 42.6 Å². The second-order valence-electron chi connectivity index (χ2n) is 14.6. The number of halogens is 1. The summed E-state index contributed by atoms with van der Waals surface area (Å²) in [5, 5.41) is 14.1. The second kappa shape index (κ2) is 13.8. The third-order valence-corrected chi connectivity index (χ3v) is 13.2. The fraction of sp³-hybridized carbons (Fsp3) is 0.486. The molecule has 1 amide bonds. The number of nitriles is 1. The van der Waals surface area contributed by atoms with Crippen molar-refractivity contribution in [2.75, 3.05) is 43.7 Å². The topological polar surface area (TPSA) is 119 Å².